The third-order valence-corrected chi connectivity index (χ3v) is 2.77. The molecule has 0 fully saturated rings. The first-order chi connectivity index (χ1) is 8.69. The molecule has 1 aromatic rings. The Bertz CT molecular complexity index is 385. The van der Waals surface area contributed by atoms with Gasteiger partial charge in [0.1, 0.15) is 5.75 Å². The molecule has 18 heavy (non-hydrogen) atoms. The number of rotatable bonds is 8. The minimum atomic E-state index is 0.0992. The van der Waals surface area contributed by atoms with E-state index in [9.17, 15) is 4.79 Å². The predicted molar refractivity (Wildman–Crippen MR) is 72.4 cm³/mol. The van der Waals surface area contributed by atoms with E-state index in [0.29, 0.717) is 0 Å². The van der Waals surface area contributed by atoms with Crippen molar-refractivity contribution in [1.82, 2.24) is 0 Å². The fourth-order valence-electron chi connectivity index (χ4n) is 1.86. The number of Topliss-reactive ketones (excluding diaryl/α,β-unsaturated/α-hetero) is 1. The van der Waals surface area contributed by atoms with Crippen molar-refractivity contribution >= 4 is 5.78 Å². The summed E-state index contributed by atoms with van der Waals surface area (Å²) in [6.07, 6.45) is 2.81. The van der Waals surface area contributed by atoms with Gasteiger partial charge in [-0.05, 0) is 49.9 Å². The van der Waals surface area contributed by atoms with Gasteiger partial charge < -0.3 is 9.47 Å². The Morgan fingerprint density at radius 1 is 1.28 bits per heavy atom. The Labute approximate surface area is 109 Å². The van der Waals surface area contributed by atoms with E-state index in [4.69, 9.17) is 9.47 Å². The maximum absolute atomic E-state index is 11.5. The van der Waals surface area contributed by atoms with E-state index in [1.807, 2.05) is 18.2 Å². The molecular weight excluding hydrogens is 228 g/mol. The van der Waals surface area contributed by atoms with Crippen LogP contribution < -0.4 is 4.74 Å². The van der Waals surface area contributed by atoms with Gasteiger partial charge in [-0.1, -0.05) is 6.92 Å². The lowest BCUT2D eigenvalue weighted by Crippen LogP contribution is -2.03. The van der Waals surface area contributed by atoms with Crippen LogP contribution in [0.4, 0.5) is 0 Å². The summed E-state index contributed by atoms with van der Waals surface area (Å²) < 4.78 is 10.6. The second-order valence-corrected chi connectivity index (χ2v) is 4.30. The number of aryl methyl sites for hydroxylation is 1. The zero-order chi connectivity index (χ0) is 13.4. The van der Waals surface area contributed by atoms with Crippen LogP contribution in [0.1, 0.15) is 42.6 Å². The van der Waals surface area contributed by atoms with Crippen LogP contribution in [0.25, 0.3) is 0 Å². The number of methoxy groups -OCH3 is 1. The van der Waals surface area contributed by atoms with Gasteiger partial charge in [-0.25, -0.2) is 0 Å². The van der Waals surface area contributed by atoms with Gasteiger partial charge in [-0.2, -0.15) is 0 Å². The minimum absolute atomic E-state index is 0.0992. The number of ketones is 1. The van der Waals surface area contributed by atoms with Gasteiger partial charge in [-0.3, -0.25) is 4.79 Å². The quantitative estimate of drug-likeness (QED) is 0.525. The number of ether oxygens (including phenoxy) is 2. The van der Waals surface area contributed by atoms with Gasteiger partial charge in [0, 0.05) is 18.8 Å². The van der Waals surface area contributed by atoms with Crippen LogP contribution in [-0.4, -0.2) is 26.1 Å². The van der Waals surface area contributed by atoms with Crippen molar-refractivity contribution in [3.63, 3.8) is 0 Å². The zero-order valence-corrected chi connectivity index (χ0v) is 11.5. The molecule has 0 saturated carbocycles. The van der Waals surface area contributed by atoms with Crippen LogP contribution in [0.5, 0.6) is 5.75 Å². The number of carbonyl (C=O) groups excluding carboxylic acids is 1. The van der Waals surface area contributed by atoms with Crippen LogP contribution in [-0.2, 0) is 11.2 Å². The first-order valence-corrected chi connectivity index (χ1v) is 6.44. The first-order valence-electron chi connectivity index (χ1n) is 6.44. The maximum Gasteiger partial charge on any atom is 0.160 e. The maximum atomic E-state index is 11.5. The van der Waals surface area contributed by atoms with E-state index in [-0.39, 0.29) is 5.78 Å². The van der Waals surface area contributed by atoms with Crippen LogP contribution in [0.3, 0.4) is 0 Å². The molecule has 0 unspecified atom stereocenters. The van der Waals surface area contributed by atoms with Gasteiger partial charge in [0.2, 0.25) is 0 Å². The number of hydrogen-bond donors (Lipinski definition) is 0. The summed E-state index contributed by atoms with van der Waals surface area (Å²) in [6.45, 7) is 5.23. The fraction of sp³-hybridized carbons (Fsp3) is 0.533. The van der Waals surface area contributed by atoms with Crippen molar-refractivity contribution < 1.29 is 14.3 Å². The summed E-state index contributed by atoms with van der Waals surface area (Å²) in [7, 11) is 1.64. The molecular formula is C15H22O3. The standard InChI is InChI=1S/C15H22O3/c1-4-9-18-10-5-6-13-11-14(17-3)7-8-15(13)12(2)16/h7-8,11H,4-6,9-10H2,1-3H3. The second kappa shape index (κ2) is 7.88. The van der Waals surface area contributed by atoms with Crippen LogP contribution in [0.15, 0.2) is 18.2 Å². The van der Waals surface area contributed by atoms with Crippen molar-refractivity contribution in [3.05, 3.63) is 29.3 Å². The normalized spacial score (nSPS) is 10.4. The molecule has 3 heteroatoms. The third-order valence-electron chi connectivity index (χ3n) is 2.77. The highest BCUT2D eigenvalue weighted by atomic mass is 16.5. The molecule has 100 valence electrons. The molecule has 0 heterocycles. The van der Waals surface area contributed by atoms with Gasteiger partial charge in [-0.15, -0.1) is 0 Å². The highest BCUT2D eigenvalue weighted by Crippen LogP contribution is 2.19. The molecule has 0 aliphatic heterocycles. The number of carbonyl (C=O) groups is 1. The lowest BCUT2D eigenvalue weighted by molar-refractivity contribution is 0.101. The van der Waals surface area contributed by atoms with Gasteiger partial charge in [0.15, 0.2) is 5.78 Å². The molecule has 1 aromatic carbocycles. The SMILES string of the molecule is CCCOCCCc1cc(OC)ccc1C(C)=O. The van der Waals surface area contributed by atoms with Crippen molar-refractivity contribution in [2.24, 2.45) is 0 Å². The second-order valence-electron chi connectivity index (χ2n) is 4.30. The summed E-state index contributed by atoms with van der Waals surface area (Å²) in [6, 6.07) is 5.60. The average Bonchev–Trinajstić information content (AvgIpc) is 2.38. The number of hydrogen-bond acceptors (Lipinski definition) is 3. The Morgan fingerprint density at radius 2 is 2.06 bits per heavy atom. The fourth-order valence-corrected chi connectivity index (χ4v) is 1.86. The van der Waals surface area contributed by atoms with Crippen LogP contribution >= 0.6 is 0 Å². The van der Waals surface area contributed by atoms with Gasteiger partial charge >= 0.3 is 0 Å². The lowest BCUT2D eigenvalue weighted by atomic mass is 10.00. The molecule has 3 nitrogen and oxygen atoms in total. The van der Waals surface area contributed by atoms with Crippen molar-refractivity contribution in [2.45, 2.75) is 33.1 Å². The molecule has 0 N–H and O–H groups in total. The smallest absolute Gasteiger partial charge is 0.160 e. The van der Waals surface area contributed by atoms with Gasteiger partial charge in [0.25, 0.3) is 0 Å². The summed E-state index contributed by atoms with van der Waals surface area (Å²) >= 11 is 0. The summed E-state index contributed by atoms with van der Waals surface area (Å²) in [5.41, 5.74) is 1.83. The molecule has 0 aliphatic carbocycles. The summed E-state index contributed by atoms with van der Waals surface area (Å²) in [4.78, 5) is 11.5. The lowest BCUT2D eigenvalue weighted by Gasteiger charge is -2.09. The molecule has 0 aliphatic rings. The highest BCUT2D eigenvalue weighted by molar-refractivity contribution is 5.95. The summed E-state index contributed by atoms with van der Waals surface area (Å²) in [5, 5.41) is 0. The molecule has 0 saturated heterocycles. The molecule has 0 spiro atoms. The highest BCUT2D eigenvalue weighted by Gasteiger charge is 2.08. The van der Waals surface area contributed by atoms with Crippen molar-refractivity contribution in [2.75, 3.05) is 20.3 Å². The Balaban J connectivity index is 2.63. The van der Waals surface area contributed by atoms with E-state index < -0.39 is 0 Å². The van der Waals surface area contributed by atoms with E-state index in [1.54, 1.807) is 14.0 Å². The Morgan fingerprint density at radius 3 is 2.67 bits per heavy atom. The molecule has 0 radical (unpaired) electrons. The molecule has 0 aromatic heterocycles. The first kappa shape index (κ1) is 14.7. The van der Waals surface area contributed by atoms with Crippen molar-refractivity contribution in [3.8, 4) is 5.75 Å². The Kier molecular flexibility index (Phi) is 6.44. The Hall–Kier alpha value is -1.35. The van der Waals surface area contributed by atoms with Gasteiger partial charge in [0.05, 0.1) is 7.11 Å². The summed E-state index contributed by atoms with van der Waals surface area (Å²) in [5.74, 6) is 0.895. The molecule has 0 bridgehead atoms. The average molecular weight is 250 g/mol. The molecule has 1 rings (SSSR count). The molecule has 0 amide bonds. The molecule has 0 atom stereocenters. The predicted octanol–water partition coefficient (Wildman–Crippen LogP) is 3.26. The van der Waals surface area contributed by atoms with Crippen LogP contribution in [0.2, 0.25) is 0 Å². The topological polar surface area (TPSA) is 35.5 Å². The van der Waals surface area contributed by atoms with E-state index in [0.717, 1.165) is 49.4 Å². The van der Waals surface area contributed by atoms with E-state index in [1.165, 1.54) is 0 Å². The monoisotopic (exact) mass is 250 g/mol. The minimum Gasteiger partial charge on any atom is -0.497 e. The van der Waals surface area contributed by atoms with E-state index >= 15 is 0 Å². The number of benzene rings is 1. The van der Waals surface area contributed by atoms with E-state index in [2.05, 4.69) is 6.92 Å². The van der Waals surface area contributed by atoms with Crippen LogP contribution in [0, 0.1) is 0 Å². The van der Waals surface area contributed by atoms with Crippen molar-refractivity contribution in [1.29, 1.82) is 0 Å². The third kappa shape index (κ3) is 4.49. The zero-order valence-electron chi connectivity index (χ0n) is 11.5. The largest absolute Gasteiger partial charge is 0.497 e.